The normalized spacial score (nSPS) is 10.2. The van der Waals surface area contributed by atoms with Crippen LogP contribution in [0.2, 0.25) is 0 Å². The second-order valence-corrected chi connectivity index (χ2v) is 5.80. The number of pyridine rings is 1. The van der Waals surface area contributed by atoms with E-state index in [0.717, 1.165) is 33.3 Å². The van der Waals surface area contributed by atoms with Crippen molar-refractivity contribution in [1.29, 1.82) is 10.5 Å². The molecule has 4 heteroatoms. The van der Waals surface area contributed by atoms with Gasteiger partial charge >= 0.3 is 0 Å². The summed E-state index contributed by atoms with van der Waals surface area (Å²) in [4.78, 5) is 4.43. The Hall–Kier alpha value is -3.37. The zero-order chi connectivity index (χ0) is 17.1. The number of anilines is 1. The molecule has 2 aromatic carbocycles. The van der Waals surface area contributed by atoms with Gasteiger partial charge in [0.15, 0.2) is 0 Å². The minimum absolute atomic E-state index is 0.529. The van der Waals surface area contributed by atoms with E-state index in [1.807, 2.05) is 26.0 Å². The zero-order valence-corrected chi connectivity index (χ0v) is 13.6. The molecule has 0 radical (unpaired) electrons. The predicted octanol–water partition coefficient (Wildman–Crippen LogP) is 4.21. The topological polar surface area (TPSA) is 72.5 Å². The monoisotopic (exact) mass is 312 g/mol. The number of aromatic nitrogens is 1. The van der Waals surface area contributed by atoms with Crippen LogP contribution in [-0.4, -0.2) is 4.98 Å². The number of nitriles is 2. The third-order valence-corrected chi connectivity index (χ3v) is 3.98. The van der Waals surface area contributed by atoms with E-state index in [0.29, 0.717) is 17.7 Å². The van der Waals surface area contributed by atoms with E-state index in [1.54, 1.807) is 18.3 Å². The molecule has 0 aliphatic rings. The molecular formula is C20H16N4. The Morgan fingerprint density at radius 1 is 1.04 bits per heavy atom. The highest BCUT2D eigenvalue weighted by molar-refractivity contribution is 5.96. The quantitative estimate of drug-likeness (QED) is 0.786. The van der Waals surface area contributed by atoms with E-state index in [2.05, 4.69) is 34.6 Å². The van der Waals surface area contributed by atoms with Crippen molar-refractivity contribution in [2.75, 3.05) is 5.32 Å². The first-order chi connectivity index (χ1) is 11.6. The van der Waals surface area contributed by atoms with Gasteiger partial charge in [-0.05, 0) is 43.2 Å². The highest BCUT2D eigenvalue weighted by Gasteiger charge is 2.11. The fraction of sp³-hybridized carbons (Fsp3) is 0.150. The van der Waals surface area contributed by atoms with Crippen LogP contribution in [0.5, 0.6) is 0 Å². The van der Waals surface area contributed by atoms with E-state index in [9.17, 15) is 5.26 Å². The number of nitrogens with zero attached hydrogens (tertiary/aromatic N) is 3. The Bertz CT molecular complexity index is 989. The van der Waals surface area contributed by atoms with Crippen molar-refractivity contribution in [2.45, 2.75) is 20.4 Å². The van der Waals surface area contributed by atoms with Crippen LogP contribution < -0.4 is 5.32 Å². The average Bonchev–Trinajstić information content (AvgIpc) is 2.60. The second-order valence-electron chi connectivity index (χ2n) is 5.80. The molecule has 0 bridgehead atoms. The van der Waals surface area contributed by atoms with Gasteiger partial charge in [0.25, 0.3) is 0 Å². The summed E-state index contributed by atoms with van der Waals surface area (Å²) in [6.07, 6.45) is 1.62. The number of benzene rings is 2. The van der Waals surface area contributed by atoms with Gasteiger partial charge in [0, 0.05) is 18.1 Å². The molecule has 0 spiro atoms. The first-order valence-electron chi connectivity index (χ1n) is 7.65. The van der Waals surface area contributed by atoms with Gasteiger partial charge in [-0.3, -0.25) is 4.98 Å². The standard InChI is InChI=1S/C20H16N4/c1-13-7-14(2)19-18(8-13)20(17(10-22)12-24-19)23-11-16-5-3-15(9-21)4-6-16/h3-8,12H,11H2,1-2H3,(H,23,24). The van der Waals surface area contributed by atoms with E-state index < -0.39 is 0 Å². The summed E-state index contributed by atoms with van der Waals surface area (Å²) in [6.45, 7) is 4.64. The number of fused-ring (bicyclic) bond motifs is 1. The molecule has 24 heavy (non-hydrogen) atoms. The molecule has 1 heterocycles. The highest BCUT2D eigenvalue weighted by atomic mass is 14.9. The molecule has 0 unspecified atom stereocenters. The maximum Gasteiger partial charge on any atom is 0.103 e. The van der Waals surface area contributed by atoms with Crippen molar-refractivity contribution >= 4 is 16.6 Å². The van der Waals surface area contributed by atoms with Gasteiger partial charge < -0.3 is 5.32 Å². The Labute approximate surface area is 141 Å². The van der Waals surface area contributed by atoms with Crippen molar-refractivity contribution in [3.8, 4) is 12.1 Å². The molecule has 3 aromatic rings. The summed E-state index contributed by atoms with van der Waals surface area (Å²) < 4.78 is 0. The third kappa shape index (κ3) is 2.91. The van der Waals surface area contributed by atoms with E-state index in [4.69, 9.17) is 5.26 Å². The molecule has 1 aromatic heterocycles. The van der Waals surface area contributed by atoms with Crippen LogP contribution in [-0.2, 0) is 6.54 Å². The van der Waals surface area contributed by atoms with Crippen LogP contribution in [0, 0.1) is 36.5 Å². The average molecular weight is 312 g/mol. The van der Waals surface area contributed by atoms with Gasteiger partial charge in [0.1, 0.15) is 6.07 Å². The van der Waals surface area contributed by atoms with Crippen LogP contribution in [0.1, 0.15) is 27.8 Å². The Morgan fingerprint density at radius 3 is 2.46 bits per heavy atom. The molecule has 116 valence electrons. The predicted molar refractivity (Wildman–Crippen MR) is 94.4 cm³/mol. The molecule has 0 aliphatic carbocycles. The largest absolute Gasteiger partial charge is 0.379 e. The zero-order valence-electron chi connectivity index (χ0n) is 13.6. The number of aryl methyl sites for hydroxylation is 2. The molecule has 0 saturated heterocycles. The van der Waals surface area contributed by atoms with Crippen molar-refractivity contribution in [1.82, 2.24) is 4.98 Å². The molecule has 3 rings (SSSR count). The highest BCUT2D eigenvalue weighted by Crippen LogP contribution is 2.29. The summed E-state index contributed by atoms with van der Waals surface area (Å²) in [7, 11) is 0. The van der Waals surface area contributed by atoms with Crippen LogP contribution >= 0.6 is 0 Å². The van der Waals surface area contributed by atoms with Gasteiger partial charge in [-0.2, -0.15) is 10.5 Å². The van der Waals surface area contributed by atoms with Gasteiger partial charge in [-0.15, -0.1) is 0 Å². The molecule has 0 saturated carbocycles. The Balaban J connectivity index is 2.01. The Kier molecular flexibility index (Phi) is 4.14. The molecular weight excluding hydrogens is 296 g/mol. The molecule has 0 atom stereocenters. The van der Waals surface area contributed by atoms with Crippen molar-refractivity contribution in [3.63, 3.8) is 0 Å². The van der Waals surface area contributed by atoms with E-state index in [-0.39, 0.29) is 0 Å². The second kappa shape index (κ2) is 6.40. The molecule has 0 fully saturated rings. The summed E-state index contributed by atoms with van der Waals surface area (Å²) in [5, 5.41) is 22.6. The maximum atomic E-state index is 9.42. The van der Waals surface area contributed by atoms with Gasteiger partial charge in [0.2, 0.25) is 0 Å². The third-order valence-electron chi connectivity index (χ3n) is 3.98. The first kappa shape index (κ1) is 15.5. The van der Waals surface area contributed by atoms with Crippen molar-refractivity contribution in [3.05, 3.63) is 70.4 Å². The van der Waals surface area contributed by atoms with Crippen molar-refractivity contribution < 1.29 is 0 Å². The molecule has 0 aliphatic heterocycles. The lowest BCUT2D eigenvalue weighted by molar-refractivity contribution is 1.14. The lowest BCUT2D eigenvalue weighted by atomic mass is 10.0. The number of hydrogen-bond acceptors (Lipinski definition) is 4. The van der Waals surface area contributed by atoms with Crippen LogP contribution in [0.3, 0.4) is 0 Å². The number of nitrogens with one attached hydrogen (secondary N) is 1. The van der Waals surface area contributed by atoms with Gasteiger partial charge in [-0.1, -0.05) is 23.8 Å². The molecule has 4 nitrogen and oxygen atoms in total. The fourth-order valence-corrected chi connectivity index (χ4v) is 2.82. The first-order valence-corrected chi connectivity index (χ1v) is 7.65. The SMILES string of the molecule is Cc1cc(C)c2ncc(C#N)c(NCc3ccc(C#N)cc3)c2c1. The van der Waals surface area contributed by atoms with Gasteiger partial charge in [0.05, 0.1) is 28.4 Å². The maximum absolute atomic E-state index is 9.42. The number of hydrogen-bond donors (Lipinski definition) is 1. The van der Waals surface area contributed by atoms with E-state index in [1.165, 1.54) is 0 Å². The summed E-state index contributed by atoms with van der Waals surface area (Å²) in [5.74, 6) is 0. The Morgan fingerprint density at radius 2 is 1.79 bits per heavy atom. The lowest BCUT2D eigenvalue weighted by Gasteiger charge is -2.13. The lowest BCUT2D eigenvalue weighted by Crippen LogP contribution is -2.03. The van der Waals surface area contributed by atoms with Crippen LogP contribution in [0.15, 0.2) is 42.6 Å². The smallest absolute Gasteiger partial charge is 0.103 e. The molecule has 0 amide bonds. The fourth-order valence-electron chi connectivity index (χ4n) is 2.82. The van der Waals surface area contributed by atoms with Crippen LogP contribution in [0.25, 0.3) is 10.9 Å². The summed E-state index contributed by atoms with van der Waals surface area (Å²) in [6, 6.07) is 15.9. The van der Waals surface area contributed by atoms with Crippen LogP contribution in [0.4, 0.5) is 5.69 Å². The van der Waals surface area contributed by atoms with Gasteiger partial charge in [-0.25, -0.2) is 0 Å². The number of rotatable bonds is 3. The summed E-state index contributed by atoms with van der Waals surface area (Å²) in [5.41, 5.74) is 6.15. The van der Waals surface area contributed by atoms with E-state index >= 15 is 0 Å². The minimum atomic E-state index is 0.529. The molecule has 1 N–H and O–H groups in total. The minimum Gasteiger partial charge on any atom is -0.379 e. The van der Waals surface area contributed by atoms with Crippen molar-refractivity contribution in [2.24, 2.45) is 0 Å². The summed E-state index contributed by atoms with van der Waals surface area (Å²) >= 11 is 0.